The maximum absolute atomic E-state index is 12.2. The average molecular weight is 293 g/mol. The van der Waals surface area contributed by atoms with Crippen molar-refractivity contribution in [2.24, 2.45) is 5.10 Å². The lowest BCUT2D eigenvalue weighted by Gasteiger charge is -2.03. The molecule has 0 aliphatic heterocycles. The van der Waals surface area contributed by atoms with Crippen molar-refractivity contribution in [3.8, 4) is 5.75 Å². The van der Waals surface area contributed by atoms with E-state index in [1.165, 1.54) is 0 Å². The topological polar surface area (TPSA) is 77.5 Å². The third kappa shape index (κ3) is 2.69. The lowest BCUT2D eigenvalue weighted by molar-refractivity contribution is 0.0956. The summed E-state index contributed by atoms with van der Waals surface area (Å²) in [4.78, 5) is 15.3. The Labute approximate surface area is 127 Å². The number of amides is 1. The van der Waals surface area contributed by atoms with Gasteiger partial charge in [0.15, 0.2) is 0 Å². The Kier molecular flexibility index (Phi) is 3.62. The highest BCUT2D eigenvalue weighted by Gasteiger charge is 2.11. The molecule has 1 amide bonds. The second kappa shape index (κ2) is 5.73. The summed E-state index contributed by atoms with van der Waals surface area (Å²) >= 11 is 0. The van der Waals surface area contributed by atoms with Gasteiger partial charge in [0.1, 0.15) is 5.75 Å². The summed E-state index contributed by atoms with van der Waals surface area (Å²) in [6.07, 6.45) is 1.67. The van der Waals surface area contributed by atoms with E-state index in [0.717, 1.165) is 16.5 Å². The van der Waals surface area contributed by atoms with E-state index in [1.807, 2.05) is 30.3 Å². The molecule has 0 spiro atoms. The van der Waals surface area contributed by atoms with Crippen molar-refractivity contribution in [1.29, 1.82) is 0 Å². The number of hydrogen-bond donors (Lipinski definition) is 3. The number of aromatic hydroxyl groups is 1. The highest BCUT2D eigenvalue weighted by atomic mass is 16.3. The molecule has 22 heavy (non-hydrogen) atoms. The number of phenols is 1. The molecule has 0 aliphatic carbocycles. The molecule has 2 aromatic carbocycles. The Hall–Kier alpha value is -3.08. The number of benzene rings is 2. The average Bonchev–Trinajstić information content (AvgIpc) is 2.96. The molecule has 0 fully saturated rings. The molecule has 0 unspecified atom stereocenters. The van der Waals surface area contributed by atoms with E-state index in [4.69, 9.17) is 0 Å². The fourth-order valence-corrected chi connectivity index (χ4v) is 2.25. The molecule has 0 radical (unpaired) electrons. The van der Waals surface area contributed by atoms with Crippen LogP contribution in [0.1, 0.15) is 22.8 Å². The van der Waals surface area contributed by atoms with E-state index < -0.39 is 0 Å². The van der Waals surface area contributed by atoms with Gasteiger partial charge in [0, 0.05) is 22.7 Å². The molecule has 110 valence electrons. The van der Waals surface area contributed by atoms with Crippen molar-refractivity contribution < 1.29 is 9.90 Å². The zero-order valence-corrected chi connectivity index (χ0v) is 12.0. The van der Waals surface area contributed by atoms with Crippen LogP contribution in [0.3, 0.4) is 0 Å². The van der Waals surface area contributed by atoms with E-state index in [2.05, 4.69) is 15.5 Å². The number of hydrogen-bond acceptors (Lipinski definition) is 3. The highest BCUT2D eigenvalue weighted by Crippen LogP contribution is 2.17. The number of carbonyl (C=O) groups is 1. The molecular formula is C17H15N3O2. The normalized spacial score (nSPS) is 11.6. The Morgan fingerprint density at radius 3 is 2.82 bits per heavy atom. The molecule has 3 N–H and O–H groups in total. The molecule has 3 aromatic rings. The Balaban J connectivity index is 1.81. The van der Waals surface area contributed by atoms with Crippen molar-refractivity contribution in [3.63, 3.8) is 0 Å². The predicted octanol–water partition coefficient (Wildman–Crippen LogP) is 3.03. The fourth-order valence-electron chi connectivity index (χ4n) is 2.25. The van der Waals surface area contributed by atoms with Crippen LogP contribution in [0.15, 0.2) is 59.8 Å². The van der Waals surface area contributed by atoms with Crippen LogP contribution in [-0.2, 0) is 0 Å². The van der Waals surface area contributed by atoms with Gasteiger partial charge in [0.2, 0.25) is 0 Å². The van der Waals surface area contributed by atoms with Gasteiger partial charge in [-0.15, -0.1) is 0 Å². The quantitative estimate of drug-likeness (QED) is 0.513. The standard InChI is InChI=1S/C17H15N3O2/c1-11(12-5-4-6-13(21)9-12)19-20-17(22)15-10-18-16-8-3-2-7-14(15)16/h2-10,18,21H,1H3,(H,20,22)/b19-11+. The minimum absolute atomic E-state index is 0.162. The van der Waals surface area contributed by atoms with Crippen molar-refractivity contribution in [2.45, 2.75) is 6.92 Å². The van der Waals surface area contributed by atoms with Gasteiger partial charge < -0.3 is 10.1 Å². The molecule has 1 aromatic heterocycles. The smallest absolute Gasteiger partial charge is 0.273 e. The highest BCUT2D eigenvalue weighted by molar-refractivity contribution is 6.07. The van der Waals surface area contributed by atoms with Crippen molar-refractivity contribution >= 4 is 22.5 Å². The van der Waals surface area contributed by atoms with Crippen LogP contribution in [-0.4, -0.2) is 21.7 Å². The minimum atomic E-state index is -0.281. The SMILES string of the molecule is C/C(=N\NC(=O)c1c[nH]c2ccccc12)c1cccc(O)c1. The summed E-state index contributed by atoms with van der Waals surface area (Å²) in [5.41, 5.74) is 5.36. The zero-order valence-electron chi connectivity index (χ0n) is 12.0. The monoisotopic (exact) mass is 293 g/mol. The summed E-state index contributed by atoms with van der Waals surface area (Å²) in [5, 5.41) is 14.4. The minimum Gasteiger partial charge on any atom is -0.508 e. The molecule has 0 bridgehead atoms. The van der Waals surface area contributed by atoms with Crippen LogP contribution in [0.5, 0.6) is 5.75 Å². The van der Waals surface area contributed by atoms with Crippen LogP contribution in [0.2, 0.25) is 0 Å². The van der Waals surface area contributed by atoms with Gasteiger partial charge >= 0.3 is 0 Å². The van der Waals surface area contributed by atoms with Gasteiger partial charge in [-0.2, -0.15) is 5.10 Å². The van der Waals surface area contributed by atoms with Gasteiger partial charge in [-0.25, -0.2) is 5.43 Å². The predicted molar refractivity (Wildman–Crippen MR) is 86.1 cm³/mol. The molecule has 3 rings (SSSR count). The molecule has 0 aliphatic rings. The molecule has 0 saturated carbocycles. The van der Waals surface area contributed by atoms with E-state index in [0.29, 0.717) is 11.3 Å². The van der Waals surface area contributed by atoms with Crippen LogP contribution >= 0.6 is 0 Å². The Bertz CT molecular complexity index is 865. The van der Waals surface area contributed by atoms with E-state index in [1.54, 1.807) is 31.3 Å². The van der Waals surface area contributed by atoms with Gasteiger partial charge in [-0.3, -0.25) is 4.79 Å². The van der Waals surface area contributed by atoms with Crippen molar-refractivity contribution in [2.75, 3.05) is 0 Å². The number of H-pyrrole nitrogens is 1. The van der Waals surface area contributed by atoms with E-state index in [9.17, 15) is 9.90 Å². The number of fused-ring (bicyclic) bond motifs is 1. The molecule has 5 heteroatoms. The maximum atomic E-state index is 12.2. The number of carbonyl (C=O) groups excluding carboxylic acids is 1. The number of rotatable bonds is 3. The third-order valence-corrected chi connectivity index (χ3v) is 3.42. The van der Waals surface area contributed by atoms with Crippen LogP contribution < -0.4 is 5.43 Å². The Morgan fingerprint density at radius 1 is 1.18 bits per heavy atom. The second-order valence-electron chi connectivity index (χ2n) is 4.94. The first kappa shape index (κ1) is 13.9. The molecule has 1 heterocycles. The lowest BCUT2D eigenvalue weighted by Crippen LogP contribution is -2.19. The van der Waals surface area contributed by atoms with Gasteiger partial charge in [0.05, 0.1) is 11.3 Å². The fraction of sp³-hybridized carbons (Fsp3) is 0.0588. The van der Waals surface area contributed by atoms with Crippen LogP contribution in [0, 0.1) is 0 Å². The molecule has 0 saturated heterocycles. The number of para-hydroxylation sites is 1. The third-order valence-electron chi connectivity index (χ3n) is 3.42. The van der Waals surface area contributed by atoms with Gasteiger partial charge in [-0.1, -0.05) is 30.3 Å². The molecule has 0 atom stereocenters. The largest absolute Gasteiger partial charge is 0.508 e. The first-order valence-electron chi connectivity index (χ1n) is 6.85. The van der Waals surface area contributed by atoms with E-state index >= 15 is 0 Å². The van der Waals surface area contributed by atoms with Gasteiger partial charge in [-0.05, 0) is 25.1 Å². The van der Waals surface area contributed by atoms with Crippen molar-refractivity contribution in [1.82, 2.24) is 10.4 Å². The van der Waals surface area contributed by atoms with Crippen molar-refractivity contribution in [3.05, 3.63) is 65.9 Å². The summed E-state index contributed by atoms with van der Waals surface area (Å²) < 4.78 is 0. The maximum Gasteiger partial charge on any atom is 0.273 e. The van der Waals surface area contributed by atoms with Gasteiger partial charge in [0.25, 0.3) is 5.91 Å². The summed E-state index contributed by atoms with van der Waals surface area (Å²) in [6.45, 7) is 1.77. The first-order chi connectivity index (χ1) is 10.6. The summed E-state index contributed by atoms with van der Waals surface area (Å²) in [7, 11) is 0. The van der Waals surface area contributed by atoms with E-state index in [-0.39, 0.29) is 11.7 Å². The number of aromatic amines is 1. The summed E-state index contributed by atoms with van der Waals surface area (Å²) in [5.74, 6) is -0.119. The summed E-state index contributed by atoms with van der Waals surface area (Å²) in [6, 6.07) is 14.3. The van der Waals surface area contributed by atoms with Crippen LogP contribution in [0.4, 0.5) is 0 Å². The number of nitrogens with one attached hydrogen (secondary N) is 2. The molecule has 5 nitrogen and oxygen atoms in total. The first-order valence-corrected chi connectivity index (χ1v) is 6.85. The second-order valence-corrected chi connectivity index (χ2v) is 4.94. The number of hydrazone groups is 1. The lowest BCUT2D eigenvalue weighted by atomic mass is 10.1. The number of nitrogens with zero attached hydrogens (tertiary/aromatic N) is 1. The Morgan fingerprint density at radius 2 is 2.00 bits per heavy atom. The zero-order chi connectivity index (χ0) is 15.5. The number of aromatic nitrogens is 1. The molecular weight excluding hydrogens is 278 g/mol. The number of phenolic OH excluding ortho intramolecular Hbond substituents is 1. The van der Waals surface area contributed by atoms with Crippen LogP contribution in [0.25, 0.3) is 10.9 Å².